The molecule has 2 heteroatoms. The smallest absolute Gasteiger partial charge is 0.0889 e. The van der Waals surface area contributed by atoms with Crippen LogP contribution in [0.1, 0.15) is 26.5 Å². The Morgan fingerprint density at radius 2 is 1.67 bits per heavy atom. The second-order valence-corrected chi connectivity index (χ2v) is 4.23. The largest absolute Gasteiger partial charge is 0.255 e. The molecule has 0 unspecified atom stereocenters. The van der Waals surface area contributed by atoms with Gasteiger partial charge in [-0.1, -0.05) is 20.8 Å². The van der Waals surface area contributed by atoms with Gasteiger partial charge in [-0.15, -0.1) is 0 Å². The van der Waals surface area contributed by atoms with Gasteiger partial charge < -0.3 is 0 Å². The minimum atomic E-state index is 0.833. The quantitative estimate of drug-likeness (QED) is 0.652. The van der Waals surface area contributed by atoms with Gasteiger partial charge in [-0.2, -0.15) is 0 Å². The van der Waals surface area contributed by atoms with E-state index in [0.717, 1.165) is 22.6 Å². The van der Waals surface area contributed by atoms with Crippen LogP contribution in [0, 0.1) is 12.8 Å². The van der Waals surface area contributed by atoms with Crippen LogP contribution in [0.15, 0.2) is 30.5 Å². The Balaban J connectivity index is 0.000000245. The molecule has 0 aromatic carbocycles. The van der Waals surface area contributed by atoms with E-state index in [1.165, 1.54) is 0 Å². The van der Waals surface area contributed by atoms with Crippen molar-refractivity contribution in [1.82, 2.24) is 9.97 Å². The van der Waals surface area contributed by atoms with Crippen molar-refractivity contribution in [3.8, 4) is 0 Å². The maximum Gasteiger partial charge on any atom is 0.0889 e. The lowest BCUT2D eigenvalue weighted by molar-refractivity contribution is 0.737. The zero-order valence-electron chi connectivity index (χ0n) is 9.86. The van der Waals surface area contributed by atoms with Crippen LogP contribution < -0.4 is 0 Å². The summed E-state index contributed by atoms with van der Waals surface area (Å²) in [5, 5.41) is 0. The summed E-state index contributed by atoms with van der Waals surface area (Å²) in [5.41, 5.74) is 2.95. The minimum absolute atomic E-state index is 0.833. The van der Waals surface area contributed by atoms with Crippen LogP contribution in [-0.4, -0.2) is 9.97 Å². The molecule has 0 fully saturated rings. The Bertz CT molecular complexity index is 419. The highest BCUT2D eigenvalue weighted by atomic mass is 14.7. The van der Waals surface area contributed by atoms with Crippen LogP contribution in [0.2, 0.25) is 0 Å². The molecule has 0 aliphatic rings. The van der Waals surface area contributed by atoms with E-state index in [1.54, 1.807) is 6.20 Å². The van der Waals surface area contributed by atoms with Crippen LogP contribution in [0.3, 0.4) is 0 Å². The Morgan fingerprint density at radius 3 is 2.33 bits per heavy atom. The molecule has 2 heterocycles. The zero-order valence-corrected chi connectivity index (χ0v) is 9.86. The van der Waals surface area contributed by atoms with Crippen molar-refractivity contribution in [2.24, 2.45) is 5.92 Å². The van der Waals surface area contributed by atoms with Crippen LogP contribution in [0.25, 0.3) is 11.0 Å². The van der Waals surface area contributed by atoms with Crippen LogP contribution >= 0.6 is 0 Å². The summed E-state index contributed by atoms with van der Waals surface area (Å²) in [6, 6.07) is 7.82. The van der Waals surface area contributed by atoms with Crippen molar-refractivity contribution in [3.05, 3.63) is 36.2 Å². The number of aromatic nitrogens is 2. The Kier molecular flexibility index (Phi) is 4.22. The SMILES string of the molecule is CC(C)C.Cc1ccc2ncccc2n1. The van der Waals surface area contributed by atoms with Gasteiger partial charge in [0.2, 0.25) is 0 Å². The normalized spacial score (nSPS) is 9.93. The molecule has 15 heavy (non-hydrogen) atoms. The van der Waals surface area contributed by atoms with Gasteiger partial charge in [0.25, 0.3) is 0 Å². The summed E-state index contributed by atoms with van der Waals surface area (Å²) < 4.78 is 0. The molecular weight excluding hydrogens is 184 g/mol. The molecule has 0 aliphatic carbocycles. The van der Waals surface area contributed by atoms with Crippen LogP contribution in [-0.2, 0) is 0 Å². The van der Waals surface area contributed by atoms with Gasteiger partial charge in [-0.25, -0.2) is 0 Å². The first-order valence-corrected chi connectivity index (χ1v) is 5.28. The fourth-order valence-electron chi connectivity index (χ4n) is 1.06. The highest BCUT2D eigenvalue weighted by Crippen LogP contribution is 2.07. The highest BCUT2D eigenvalue weighted by molar-refractivity contribution is 5.73. The summed E-state index contributed by atoms with van der Waals surface area (Å²) in [6.07, 6.45) is 1.78. The fourth-order valence-corrected chi connectivity index (χ4v) is 1.06. The third-order valence-corrected chi connectivity index (χ3v) is 1.60. The Morgan fingerprint density at radius 1 is 1.00 bits per heavy atom. The second kappa shape index (κ2) is 5.44. The number of fused-ring (bicyclic) bond motifs is 1. The lowest BCUT2D eigenvalue weighted by atomic mass is 10.3. The molecule has 0 atom stereocenters. The number of hydrogen-bond donors (Lipinski definition) is 0. The van der Waals surface area contributed by atoms with Gasteiger partial charge in [-0.05, 0) is 37.1 Å². The lowest BCUT2D eigenvalue weighted by Gasteiger charge is -1.95. The number of aryl methyl sites for hydroxylation is 1. The minimum Gasteiger partial charge on any atom is -0.255 e. The third kappa shape index (κ3) is 4.07. The first-order valence-electron chi connectivity index (χ1n) is 5.28. The Labute approximate surface area is 91.4 Å². The van der Waals surface area contributed by atoms with E-state index < -0.39 is 0 Å². The molecule has 0 aliphatic heterocycles. The Hall–Kier alpha value is -1.44. The predicted molar refractivity (Wildman–Crippen MR) is 64.8 cm³/mol. The van der Waals surface area contributed by atoms with E-state index >= 15 is 0 Å². The predicted octanol–water partition coefficient (Wildman–Crippen LogP) is 3.60. The van der Waals surface area contributed by atoms with Gasteiger partial charge in [0.1, 0.15) is 0 Å². The van der Waals surface area contributed by atoms with Crippen molar-refractivity contribution in [1.29, 1.82) is 0 Å². The van der Waals surface area contributed by atoms with Gasteiger partial charge in [0, 0.05) is 11.9 Å². The van der Waals surface area contributed by atoms with Crippen molar-refractivity contribution in [2.45, 2.75) is 27.7 Å². The fraction of sp³-hybridized carbons (Fsp3) is 0.385. The second-order valence-electron chi connectivity index (χ2n) is 4.23. The molecule has 0 bridgehead atoms. The molecule has 0 saturated carbocycles. The van der Waals surface area contributed by atoms with E-state index in [1.807, 2.05) is 31.2 Å². The molecule has 0 amide bonds. The molecule has 2 nitrogen and oxygen atoms in total. The highest BCUT2D eigenvalue weighted by Gasteiger charge is 1.92. The topological polar surface area (TPSA) is 25.8 Å². The van der Waals surface area contributed by atoms with Crippen molar-refractivity contribution < 1.29 is 0 Å². The van der Waals surface area contributed by atoms with E-state index in [4.69, 9.17) is 0 Å². The van der Waals surface area contributed by atoms with E-state index in [-0.39, 0.29) is 0 Å². The molecule has 0 radical (unpaired) electrons. The molecule has 2 aromatic rings. The van der Waals surface area contributed by atoms with Gasteiger partial charge >= 0.3 is 0 Å². The molecule has 0 spiro atoms. The third-order valence-electron chi connectivity index (χ3n) is 1.60. The van der Waals surface area contributed by atoms with E-state index in [0.29, 0.717) is 0 Å². The molecule has 80 valence electrons. The number of pyridine rings is 2. The molecule has 0 N–H and O–H groups in total. The zero-order chi connectivity index (χ0) is 11.3. The summed E-state index contributed by atoms with van der Waals surface area (Å²) in [7, 11) is 0. The van der Waals surface area contributed by atoms with Crippen LogP contribution in [0.4, 0.5) is 0 Å². The van der Waals surface area contributed by atoms with E-state index in [2.05, 4.69) is 30.7 Å². The van der Waals surface area contributed by atoms with Gasteiger partial charge in [0.15, 0.2) is 0 Å². The summed E-state index contributed by atoms with van der Waals surface area (Å²) in [5.74, 6) is 0.833. The van der Waals surface area contributed by atoms with E-state index in [9.17, 15) is 0 Å². The standard InChI is InChI=1S/C9H8N2.C4H10/c1-7-4-5-8-9(11-7)3-2-6-10-8;1-4(2)3/h2-6H,1H3;4H,1-3H3. The first kappa shape index (κ1) is 11.6. The van der Waals surface area contributed by atoms with Crippen molar-refractivity contribution in [2.75, 3.05) is 0 Å². The van der Waals surface area contributed by atoms with Crippen LogP contribution in [0.5, 0.6) is 0 Å². The molecule has 2 aromatic heterocycles. The number of nitrogens with zero attached hydrogens (tertiary/aromatic N) is 2. The monoisotopic (exact) mass is 202 g/mol. The summed E-state index contributed by atoms with van der Waals surface area (Å²) in [4.78, 5) is 8.47. The molecule has 0 saturated heterocycles. The number of rotatable bonds is 0. The summed E-state index contributed by atoms with van der Waals surface area (Å²) >= 11 is 0. The van der Waals surface area contributed by atoms with Crippen molar-refractivity contribution >= 4 is 11.0 Å². The maximum absolute atomic E-state index is 4.31. The lowest BCUT2D eigenvalue weighted by Crippen LogP contribution is -1.83. The number of hydrogen-bond acceptors (Lipinski definition) is 2. The van der Waals surface area contributed by atoms with Gasteiger partial charge in [0.05, 0.1) is 11.0 Å². The van der Waals surface area contributed by atoms with Crippen molar-refractivity contribution in [3.63, 3.8) is 0 Å². The summed E-state index contributed by atoms with van der Waals surface area (Å²) in [6.45, 7) is 8.48. The average Bonchev–Trinajstić information content (AvgIpc) is 2.16. The average molecular weight is 202 g/mol. The molecule has 2 rings (SSSR count). The first-order chi connectivity index (χ1) is 7.09. The maximum atomic E-state index is 4.31. The molecular formula is C13H18N2. The van der Waals surface area contributed by atoms with Gasteiger partial charge in [-0.3, -0.25) is 9.97 Å².